The second-order valence-electron chi connectivity index (χ2n) is 4.76. The molecule has 1 heterocycles. The lowest BCUT2D eigenvalue weighted by atomic mass is 10.2. The Morgan fingerprint density at radius 3 is 2.33 bits per heavy atom. The van der Waals surface area contributed by atoms with E-state index in [4.69, 9.17) is 11.6 Å². The molecule has 9 heteroatoms. The Bertz CT molecular complexity index is 613. The third-order valence-corrected chi connectivity index (χ3v) is 5.04. The zero-order valence-electron chi connectivity index (χ0n) is 11.0. The highest BCUT2D eigenvalue weighted by Crippen LogP contribution is 2.34. The molecule has 1 aliphatic heterocycles. The third-order valence-electron chi connectivity index (χ3n) is 3.19. The van der Waals surface area contributed by atoms with Crippen LogP contribution in [0, 0.1) is 0 Å². The van der Waals surface area contributed by atoms with Gasteiger partial charge in [0, 0.05) is 13.1 Å². The Morgan fingerprint density at radius 1 is 1.14 bits per heavy atom. The second-order valence-corrected chi connectivity index (χ2v) is 6.84. The van der Waals surface area contributed by atoms with Crippen molar-refractivity contribution in [3.63, 3.8) is 0 Å². The van der Waals surface area contributed by atoms with Gasteiger partial charge in [0.25, 0.3) is 0 Å². The molecule has 1 saturated heterocycles. The molecule has 21 heavy (non-hydrogen) atoms. The molecule has 1 aromatic rings. The molecule has 118 valence electrons. The molecular weight excluding hydrogens is 329 g/mol. The number of nitrogens with zero attached hydrogens (tertiary/aromatic N) is 1. The topological polar surface area (TPSA) is 49.4 Å². The van der Waals surface area contributed by atoms with E-state index in [1.54, 1.807) is 0 Å². The van der Waals surface area contributed by atoms with Gasteiger partial charge in [0.05, 0.1) is 16.3 Å². The number of nitrogens with one attached hydrogen (secondary N) is 1. The van der Waals surface area contributed by atoms with Gasteiger partial charge in [-0.1, -0.05) is 18.0 Å². The van der Waals surface area contributed by atoms with E-state index in [0.29, 0.717) is 19.2 Å². The van der Waals surface area contributed by atoms with Crippen molar-refractivity contribution in [3.05, 3.63) is 28.8 Å². The number of hydrogen-bond acceptors (Lipinski definition) is 2. The summed E-state index contributed by atoms with van der Waals surface area (Å²) in [5.41, 5.74) is -1.22. The summed E-state index contributed by atoms with van der Waals surface area (Å²) in [6.07, 6.45) is -2.15. The van der Waals surface area contributed by atoms with Crippen molar-refractivity contribution in [2.45, 2.75) is 25.4 Å². The van der Waals surface area contributed by atoms with Crippen LogP contribution < -0.4 is 4.72 Å². The summed E-state index contributed by atoms with van der Waals surface area (Å²) in [5.74, 6) is 0. The first-order chi connectivity index (χ1) is 9.70. The number of hydrogen-bond donors (Lipinski definition) is 1. The predicted molar refractivity (Wildman–Crippen MR) is 74.4 cm³/mol. The molecule has 0 aliphatic carbocycles. The summed E-state index contributed by atoms with van der Waals surface area (Å²) < 4.78 is 65.6. The average Bonchev–Trinajstić information content (AvgIpc) is 2.41. The van der Waals surface area contributed by atoms with Crippen LogP contribution in [0.5, 0.6) is 0 Å². The minimum atomic E-state index is -4.56. The van der Waals surface area contributed by atoms with Crippen LogP contribution in [0.3, 0.4) is 0 Å². The molecular formula is C12H14ClF3N2O2S. The minimum Gasteiger partial charge on any atom is -0.269 e. The molecule has 0 aromatic heterocycles. The number of benzene rings is 1. The van der Waals surface area contributed by atoms with Crippen LogP contribution >= 0.6 is 11.6 Å². The molecule has 1 aromatic carbocycles. The van der Waals surface area contributed by atoms with Crippen LogP contribution in [0.1, 0.15) is 24.8 Å². The molecule has 1 aliphatic rings. The van der Waals surface area contributed by atoms with Gasteiger partial charge in [-0.15, -0.1) is 0 Å². The Hall–Kier alpha value is -0.990. The van der Waals surface area contributed by atoms with Crippen molar-refractivity contribution in [1.82, 2.24) is 4.31 Å². The van der Waals surface area contributed by atoms with Crippen LogP contribution in [0.4, 0.5) is 18.9 Å². The van der Waals surface area contributed by atoms with Crippen molar-refractivity contribution in [1.29, 1.82) is 0 Å². The summed E-state index contributed by atoms with van der Waals surface area (Å²) in [7, 11) is -3.89. The van der Waals surface area contributed by atoms with Gasteiger partial charge >= 0.3 is 16.4 Å². The van der Waals surface area contributed by atoms with Gasteiger partial charge in [-0.2, -0.15) is 25.9 Å². The SMILES string of the molecule is O=S(=O)(Nc1cc(C(F)(F)F)ccc1Cl)N1CCCCC1. The third kappa shape index (κ3) is 4.02. The van der Waals surface area contributed by atoms with Gasteiger partial charge in [-0.25, -0.2) is 0 Å². The van der Waals surface area contributed by atoms with E-state index in [-0.39, 0.29) is 10.7 Å². The Labute approximate surface area is 126 Å². The first-order valence-corrected chi connectivity index (χ1v) is 8.16. The fraction of sp³-hybridized carbons (Fsp3) is 0.500. The number of rotatable bonds is 3. The molecule has 1 fully saturated rings. The Balaban J connectivity index is 2.26. The number of piperidine rings is 1. The van der Waals surface area contributed by atoms with Gasteiger partial charge in [-0.3, -0.25) is 4.72 Å². The van der Waals surface area contributed by atoms with E-state index in [1.165, 1.54) is 4.31 Å². The molecule has 0 spiro atoms. The Morgan fingerprint density at radius 2 is 1.76 bits per heavy atom. The molecule has 0 atom stereocenters. The molecule has 1 N–H and O–H groups in total. The first-order valence-electron chi connectivity index (χ1n) is 6.35. The van der Waals surface area contributed by atoms with Gasteiger partial charge < -0.3 is 0 Å². The van der Waals surface area contributed by atoms with Crippen LogP contribution in [0.2, 0.25) is 5.02 Å². The molecule has 4 nitrogen and oxygen atoms in total. The summed E-state index contributed by atoms with van der Waals surface area (Å²) in [6, 6.07) is 2.53. The van der Waals surface area contributed by atoms with Crippen molar-refractivity contribution >= 4 is 27.5 Å². The second kappa shape index (κ2) is 6.02. The monoisotopic (exact) mass is 342 g/mol. The lowest BCUT2D eigenvalue weighted by Gasteiger charge is -2.26. The highest BCUT2D eigenvalue weighted by molar-refractivity contribution is 7.90. The van der Waals surface area contributed by atoms with Gasteiger partial charge in [-0.05, 0) is 31.0 Å². The largest absolute Gasteiger partial charge is 0.416 e. The van der Waals surface area contributed by atoms with E-state index >= 15 is 0 Å². The normalized spacial score (nSPS) is 17.7. The minimum absolute atomic E-state index is 0.0800. The highest BCUT2D eigenvalue weighted by Gasteiger charge is 2.32. The molecule has 2 rings (SSSR count). The van der Waals surface area contributed by atoms with Gasteiger partial charge in [0.15, 0.2) is 0 Å². The molecule has 0 unspecified atom stereocenters. The summed E-state index contributed by atoms with van der Waals surface area (Å²) in [5, 5.41) is -0.0800. The summed E-state index contributed by atoms with van der Waals surface area (Å²) >= 11 is 5.78. The maximum Gasteiger partial charge on any atom is 0.416 e. The lowest BCUT2D eigenvalue weighted by molar-refractivity contribution is -0.137. The summed E-state index contributed by atoms with van der Waals surface area (Å²) in [4.78, 5) is 0. The summed E-state index contributed by atoms with van der Waals surface area (Å²) in [6.45, 7) is 0.706. The average molecular weight is 343 g/mol. The van der Waals surface area contributed by atoms with Crippen molar-refractivity contribution in [2.24, 2.45) is 0 Å². The van der Waals surface area contributed by atoms with Crippen LogP contribution in [-0.2, 0) is 16.4 Å². The molecule has 0 amide bonds. The fourth-order valence-corrected chi connectivity index (χ4v) is 3.62. The van der Waals surface area contributed by atoms with E-state index in [0.717, 1.165) is 31.4 Å². The quantitative estimate of drug-likeness (QED) is 0.914. The van der Waals surface area contributed by atoms with Crippen LogP contribution in [0.15, 0.2) is 18.2 Å². The molecule has 0 bridgehead atoms. The van der Waals surface area contributed by atoms with E-state index in [9.17, 15) is 21.6 Å². The van der Waals surface area contributed by atoms with E-state index in [2.05, 4.69) is 4.72 Å². The number of anilines is 1. The van der Waals surface area contributed by atoms with Crippen molar-refractivity contribution in [3.8, 4) is 0 Å². The molecule has 0 radical (unpaired) electrons. The maximum absolute atomic E-state index is 12.7. The zero-order chi connectivity index (χ0) is 15.7. The van der Waals surface area contributed by atoms with Crippen LogP contribution in [-0.4, -0.2) is 25.8 Å². The molecule has 0 saturated carbocycles. The standard InChI is InChI=1S/C12H14ClF3N2O2S/c13-10-5-4-9(12(14,15)16)8-11(10)17-21(19,20)18-6-2-1-3-7-18/h4-5,8,17H,1-3,6-7H2. The number of alkyl halides is 3. The Kier molecular flexibility index (Phi) is 4.69. The highest BCUT2D eigenvalue weighted by atomic mass is 35.5. The van der Waals surface area contributed by atoms with Crippen molar-refractivity contribution in [2.75, 3.05) is 17.8 Å². The first kappa shape index (κ1) is 16.4. The van der Waals surface area contributed by atoms with E-state index < -0.39 is 21.9 Å². The van der Waals surface area contributed by atoms with E-state index in [1.807, 2.05) is 0 Å². The van der Waals surface area contributed by atoms with Gasteiger partial charge in [0.2, 0.25) is 0 Å². The van der Waals surface area contributed by atoms with Crippen molar-refractivity contribution < 1.29 is 21.6 Å². The fourth-order valence-electron chi connectivity index (χ4n) is 2.09. The van der Waals surface area contributed by atoms with Crippen LogP contribution in [0.25, 0.3) is 0 Å². The smallest absolute Gasteiger partial charge is 0.269 e. The maximum atomic E-state index is 12.7. The zero-order valence-corrected chi connectivity index (χ0v) is 12.5. The number of halogens is 4. The van der Waals surface area contributed by atoms with Gasteiger partial charge in [0.1, 0.15) is 0 Å². The predicted octanol–water partition coefficient (Wildman–Crippen LogP) is 3.50. The lowest BCUT2D eigenvalue weighted by Crippen LogP contribution is -2.39.